The summed E-state index contributed by atoms with van der Waals surface area (Å²) in [7, 11) is 0. The summed E-state index contributed by atoms with van der Waals surface area (Å²) in [6.07, 6.45) is 8.64. The van der Waals surface area contributed by atoms with E-state index in [9.17, 15) is 4.79 Å². The minimum atomic E-state index is -0.00869. The van der Waals surface area contributed by atoms with Gasteiger partial charge >= 0.3 is 0 Å². The normalized spacial score (nSPS) is 10.8. The lowest BCUT2D eigenvalue weighted by Crippen LogP contribution is -2.24. The van der Waals surface area contributed by atoms with Crippen molar-refractivity contribution in [3.05, 3.63) is 30.0 Å². The molecular formula is C15H21N3OS. The molecule has 1 heterocycles. The van der Waals surface area contributed by atoms with Gasteiger partial charge in [0.25, 0.3) is 5.91 Å². The molecule has 0 aliphatic carbocycles. The Bertz CT molecular complexity index is 553. The summed E-state index contributed by atoms with van der Waals surface area (Å²) in [4.78, 5) is 12.0. The van der Waals surface area contributed by atoms with Gasteiger partial charge in [-0.05, 0) is 37.0 Å². The molecule has 20 heavy (non-hydrogen) atoms. The topological polar surface area (TPSA) is 57.8 Å². The van der Waals surface area contributed by atoms with Gasteiger partial charge in [0.2, 0.25) is 0 Å². The second kappa shape index (κ2) is 7.94. The number of nitrogens with one attached hydrogen (secondary N) is 2. The van der Waals surface area contributed by atoms with Crippen LogP contribution in [-0.4, -0.2) is 34.7 Å². The summed E-state index contributed by atoms with van der Waals surface area (Å²) in [5, 5.41) is 10.8. The van der Waals surface area contributed by atoms with Gasteiger partial charge in [-0.1, -0.05) is 18.9 Å². The van der Waals surface area contributed by atoms with Gasteiger partial charge in [-0.2, -0.15) is 16.9 Å². The zero-order chi connectivity index (χ0) is 14.2. The van der Waals surface area contributed by atoms with Gasteiger partial charge in [-0.3, -0.25) is 9.89 Å². The molecule has 0 spiro atoms. The van der Waals surface area contributed by atoms with Gasteiger partial charge in [-0.15, -0.1) is 0 Å². The molecule has 2 aromatic rings. The van der Waals surface area contributed by atoms with Crippen molar-refractivity contribution in [2.75, 3.05) is 18.6 Å². The number of carbonyl (C=O) groups excluding carboxylic acids is 1. The van der Waals surface area contributed by atoms with E-state index in [2.05, 4.69) is 21.8 Å². The van der Waals surface area contributed by atoms with Crippen molar-refractivity contribution in [2.24, 2.45) is 0 Å². The highest BCUT2D eigenvalue weighted by Gasteiger charge is 2.06. The Hall–Kier alpha value is -1.49. The number of H-pyrrole nitrogens is 1. The number of amides is 1. The predicted molar refractivity (Wildman–Crippen MR) is 85.3 cm³/mol. The lowest BCUT2D eigenvalue weighted by atomic mass is 10.1. The quantitative estimate of drug-likeness (QED) is 0.734. The van der Waals surface area contributed by atoms with Crippen LogP contribution in [-0.2, 0) is 0 Å². The Kier molecular flexibility index (Phi) is 5.92. The third kappa shape index (κ3) is 4.27. The van der Waals surface area contributed by atoms with E-state index in [-0.39, 0.29) is 5.91 Å². The molecule has 0 saturated carbocycles. The highest BCUT2D eigenvalue weighted by Crippen LogP contribution is 2.12. The number of unbranched alkanes of at least 4 members (excludes halogenated alkanes) is 3. The molecule has 4 nitrogen and oxygen atoms in total. The number of aromatic amines is 1. The lowest BCUT2D eigenvalue weighted by Gasteiger charge is -2.05. The summed E-state index contributed by atoms with van der Waals surface area (Å²) in [5.74, 6) is 1.22. The van der Waals surface area contributed by atoms with Gasteiger partial charge in [0, 0.05) is 17.5 Å². The van der Waals surface area contributed by atoms with E-state index in [0.29, 0.717) is 5.56 Å². The van der Waals surface area contributed by atoms with E-state index >= 15 is 0 Å². The molecule has 1 aromatic carbocycles. The van der Waals surface area contributed by atoms with Crippen LogP contribution in [0.3, 0.4) is 0 Å². The number of carbonyl (C=O) groups is 1. The van der Waals surface area contributed by atoms with E-state index in [0.717, 1.165) is 23.9 Å². The van der Waals surface area contributed by atoms with Crippen molar-refractivity contribution in [3.63, 3.8) is 0 Å². The molecule has 2 N–H and O–H groups in total. The SMILES string of the molecule is CSCCCCCCNC(=O)c1ccc2cn[nH]c2c1. The fourth-order valence-corrected chi connectivity index (χ4v) is 2.60. The summed E-state index contributed by atoms with van der Waals surface area (Å²) in [6.45, 7) is 0.749. The number of nitrogens with zero attached hydrogens (tertiary/aromatic N) is 1. The number of aromatic nitrogens is 2. The molecule has 0 aliphatic rings. The molecule has 0 unspecified atom stereocenters. The predicted octanol–water partition coefficient (Wildman–Crippen LogP) is 3.22. The van der Waals surface area contributed by atoms with Crippen LogP contribution in [0, 0.1) is 0 Å². The number of hydrogen-bond donors (Lipinski definition) is 2. The first-order valence-corrected chi connectivity index (χ1v) is 8.41. The molecule has 1 aromatic heterocycles. The van der Waals surface area contributed by atoms with Crippen LogP contribution in [0.1, 0.15) is 36.0 Å². The van der Waals surface area contributed by atoms with Crippen LogP contribution >= 0.6 is 11.8 Å². The van der Waals surface area contributed by atoms with Crippen molar-refractivity contribution in [1.29, 1.82) is 0 Å². The number of benzene rings is 1. The average molecular weight is 291 g/mol. The van der Waals surface area contributed by atoms with Crippen molar-refractivity contribution < 1.29 is 4.79 Å². The van der Waals surface area contributed by atoms with Gasteiger partial charge in [0.15, 0.2) is 0 Å². The van der Waals surface area contributed by atoms with Crippen LogP contribution in [0.4, 0.5) is 0 Å². The fourth-order valence-electron chi connectivity index (χ4n) is 2.11. The second-order valence-electron chi connectivity index (χ2n) is 4.83. The first-order chi connectivity index (χ1) is 9.81. The molecule has 0 radical (unpaired) electrons. The highest BCUT2D eigenvalue weighted by atomic mass is 32.2. The van der Waals surface area contributed by atoms with E-state index in [1.54, 1.807) is 6.20 Å². The zero-order valence-corrected chi connectivity index (χ0v) is 12.6. The Morgan fingerprint density at radius 3 is 3.00 bits per heavy atom. The molecule has 0 bridgehead atoms. The zero-order valence-electron chi connectivity index (χ0n) is 11.8. The van der Waals surface area contributed by atoms with E-state index in [1.807, 2.05) is 30.0 Å². The molecule has 0 atom stereocenters. The van der Waals surface area contributed by atoms with E-state index in [1.165, 1.54) is 25.0 Å². The fraction of sp³-hybridized carbons (Fsp3) is 0.467. The summed E-state index contributed by atoms with van der Waals surface area (Å²) < 4.78 is 0. The molecule has 0 saturated heterocycles. The minimum absolute atomic E-state index is 0.00869. The molecule has 1 amide bonds. The Labute approximate surface area is 123 Å². The van der Waals surface area contributed by atoms with Gasteiger partial charge in [0.05, 0.1) is 11.7 Å². The van der Waals surface area contributed by atoms with Crippen LogP contribution in [0.2, 0.25) is 0 Å². The maximum atomic E-state index is 12.0. The number of hydrogen-bond acceptors (Lipinski definition) is 3. The number of thioether (sulfide) groups is 1. The maximum Gasteiger partial charge on any atom is 0.251 e. The monoisotopic (exact) mass is 291 g/mol. The largest absolute Gasteiger partial charge is 0.352 e. The van der Waals surface area contributed by atoms with Crippen LogP contribution in [0.15, 0.2) is 24.4 Å². The number of rotatable bonds is 8. The Morgan fingerprint density at radius 1 is 1.30 bits per heavy atom. The third-order valence-corrected chi connectivity index (χ3v) is 3.96. The van der Waals surface area contributed by atoms with E-state index < -0.39 is 0 Å². The number of fused-ring (bicyclic) bond motifs is 1. The van der Waals surface area contributed by atoms with Crippen molar-refractivity contribution in [1.82, 2.24) is 15.5 Å². The first-order valence-electron chi connectivity index (χ1n) is 7.01. The van der Waals surface area contributed by atoms with Gasteiger partial charge in [-0.25, -0.2) is 0 Å². The van der Waals surface area contributed by atoms with Gasteiger partial charge in [0.1, 0.15) is 0 Å². The molecule has 2 rings (SSSR count). The second-order valence-corrected chi connectivity index (χ2v) is 5.82. The van der Waals surface area contributed by atoms with Gasteiger partial charge < -0.3 is 5.32 Å². The molecule has 5 heteroatoms. The highest BCUT2D eigenvalue weighted by molar-refractivity contribution is 7.98. The Balaban J connectivity index is 1.71. The average Bonchev–Trinajstić information content (AvgIpc) is 2.93. The third-order valence-electron chi connectivity index (χ3n) is 3.26. The van der Waals surface area contributed by atoms with E-state index in [4.69, 9.17) is 0 Å². The maximum absolute atomic E-state index is 12.0. The van der Waals surface area contributed by atoms with Crippen molar-refractivity contribution >= 4 is 28.6 Å². The van der Waals surface area contributed by atoms with Crippen LogP contribution < -0.4 is 5.32 Å². The molecule has 0 fully saturated rings. The molecular weight excluding hydrogens is 270 g/mol. The summed E-state index contributed by atoms with van der Waals surface area (Å²) >= 11 is 1.89. The van der Waals surface area contributed by atoms with Crippen molar-refractivity contribution in [3.8, 4) is 0 Å². The minimum Gasteiger partial charge on any atom is -0.352 e. The van der Waals surface area contributed by atoms with Crippen LogP contribution in [0.5, 0.6) is 0 Å². The Morgan fingerprint density at radius 2 is 2.15 bits per heavy atom. The molecule has 0 aliphatic heterocycles. The lowest BCUT2D eigenvalue weighted by molar-refractivity contribution is 0.0953. The standard InChI is InChI=1S/C15H21N3OS/c1-20-9-5-3-2-4-8-16-15(19)12-6-7-13-11-17-18-14(13)10-12/h6-7,10-11H,2-5,8-9H2,1H3,(H,16,19)(H,17,18). The first kappa shape index (κ1) is 14.9. The summed E-state index contributed by atoms with van der Waals surface area (Å²) in [6, 6.07) is 5.60. The van der Waals surface area contributed by atoms with Crippen LogP contribution in [0.25, 0.3) is 10.9 Å². The summed E-state index contributed by atoms with van der Waals surface area (Å²) in [5.41, 5.74) is 1.58. The smallest absolute Gasteiger partial charge is 0.251 e. The van der Waals surface area contributed by atoms with Crippen molar-refractivity contribution in [2.45, 2.75) is 25.7 Å². The molecule has 108 valence electrons.